The molecule has 0 unspecified atom stereocenters. The predicted molar refractivity (Wildman–Crippen MR) is 120 cm³/mol. The van der Waals surface area contributed by atoms with Crippen LogP contribution in [0.3, 0.4) is 0 Å². The zero-order valence-electron chi connectivity index (χ0n) is 15.9. The Morgan fingerprint density at radius 2 is 1.93 bits per heavy atom. The third-order valence-corrected chi connectivity index (χ3v) is 5.14. The molecule has 0 saturated carbocycles. The molecule has 3 rings (SSSR count). The second-order valence-electron chi connectivity index (χ2n) is 6.27. The van der Waals surface area contributed by atoms with Crippen molar-refractivity contribution in [2.45, 2.75) is 6.92 Å². The maximum absolute atomic E-state index is 12.7. The second kappa shape index (κ2) is 9.87. The first-order valence-corrected chi connectivity index (χ1v) is 10.1. The van der Waals surface area contributed by atoms with Crippen LogP contribution >= 0.6 is 22.9 Å². The van der Waals surface area contributed by atoms with Crippen LogP contribution in [0.25, 0.3) is 6.08 Å². The number of thiophene rings is 1. The van der Waals surface area contributed by atoms with Crippen LogP contribution in [0.4, 0.5) is 0 Å². The second-order valence-corrected chi connectivity index (χ2v) is 7.66. The number of nitrogens with zero attached hydrogens (tertiary/aromatic N) is 1. The van der Waals surface area contributed by atoms with E-state index < -0.39 is 11.8 Å². The van der Waals surface area contributed by atoms with Crippen LogP contribution in [0.5, 0.6) is 5.75 Å². The number of phenols is 1. The van der Waals surface area contributed by atoms with Gasteiger partial charge in [-0.05, 0) is 48.7 Å². The summed E-state index contributed by atoms with van der Waals surface area (Å²) in [6.07, 6.45) is 2.88. The van der Waals surface area contributed by atoms with E-state index in [-0.39, 0.29) is 22.0 Å². The van der Waals surface area contributed by atoms with E-state index in [4.69, 9.17) is 11.6 Å². The van der Waals surface area contributed by atoms with Gasteiger partial charge in [0.25, 0.3) is 11.8 Å². The molecule has 1 aromatic heterocycles. The smallest absolute Gasteiger partial charge is 0.287 e. The van der Waals surface area contributed by atoms with Gasteiger partial charge in [-0.3, -0.25) is 9.59 Å². The Bertz CT molecular complexity index is 1120. The minimum absolute atomic E-state index is 0.00739. The van der Waals surface area contributed by atoms with Crippen LogP contribution in [0.15, 0.2) is 70.8 Å². The van der Waals surface area contributed by atoms with Gasteiger partial charge in [0.05, 0.1) is 16.8 Å². The van der Waals surface area contributed by atoms with Crippen molar-refractivity contribution in [1.29, 1.82) is 0 Å². The van der Waals surface area contributed by atoms with E-state index in [1.54, 1.807) is 48.5 Å². The first kappa shape index (κ1) is 21.3. The molecule has 0 bridgehead atoms. The first-order chi connectivity index (χ1) is 14.4. The number of nitrogens with one attached hydrogen (secondary N) is 2. The summed E-state index contributed by atoms with van der Waals surface area (Å²) in [7, 11) is 0. The molecule has 0 aliphatic carbocycles. The summed E-state index contributed by atoms with van der Waals surface area (Å²) in [6, 6.07) is 15.2. The van der Waals surface area contributed by atoms with Gasteiger partial charge in [0.15, 0.2) is 0 Å². The molecule has 0 atom stereocenters. The summed E-state index contributed by atoms with van der Waals surface area (Å²) in [4.78, 5) is 26.0. The summed E-state index contributed by atoms with van der Waals surface area (Å²) in [5.41, 5.74) is 4.02. The lowest BCUT2D eigenvalue weighted by atomic mass is 10.1. The van der Waals surface area contributed by atoms with Crippen molar-refractivity contribution in [2.75, 3.05) is 0 Å². The Balaban J connectivity index is 1.79. The highest BCUT2D eigenvalue weighted by Gasteiger charge is 2.16. The molecular weight excluding hydrogens is 422 g/mol. The quantitative estimate of drug-likeness (QED) is 0.303. The molecule has 6 nitrogen and oxygen atoms in total. The molecule has 0 aliphatic heterocycles. The van der Waals surface area contributed by atoms with Crippen LogP contribution in [0, 0.1) is 6.92 Å². The number of hydrazone groups is 1. The minimum Gasteiger partial charge on any atom is -0.507 e. The first-order valence-electron chi connectivity index (χ1n) is 8.88. The van der Waals surface area contributed by atoms with Crippen LogP contribution < -0.4 is 10.7 Å². The van der Waals surface area contributed by atoms with Gasteiger partial charge in [-0.2, -0.15) is 5.10 Å². The molecule has 0 saturated heterocycles. The maximum atomic E-state index is 12.7. The summed E-state index contributed by atoms with van der Waals surface area (Å²) < 4.78 is 0. The van der Waals surface area contributed by atoms with E-state index in [1.165, 1.54) is 17.6 Å². The van der Waals surface area contributed by atoms with Gasteiger partial charge < -0.3 is 10.4 Å². The summed E-state index contributed by atoms with van der Waals surface area (Å²) in [6.45, 7) is 1.88. The van der Waals surface area contributed by atoms with E-state index in [0.717, 1.165) is 10.4 Å². The Labute approximate surface area is 182 Å². The molecule has 1 heterocycles. The van der Waals surface area contributed by atoms with Crippen molar-refractivity contribution in [3.63, 3.8) is 0 Å². The number of halogens is 1. The topological polar surface area (TPSA) is 90.8 Å². The monoisotopic (exact) mass is 439 g/mol. The fraction of sp³-hybridized carbons (Fsp3) is 0.0455. The van der Waals surface area contributed by atoms with E-state index in [9.17, 15) is 14.7 Å². The fourth-order valence-corrected chi connectivity index (χ4v) is 3.39. The van der Waals surface area contributed by atoms with Crippen molar-refractivity contribution in [3.8, 4) is 5.75 Å². The molecule has 2 aromatic carbocycles. The average Bonchev–Trinajstić information content (AvgIpc) is 3.23. The maximum Gasteiger partial charge on any atom is 0.287 e. The predicted octanol–water partition coefficient (Wildman–Crippen LogP) is 4.34. The number of benzene rings is 2. The van der Waals surface area contributed by atoms with Gasteiger partial charge >= 0.3 is 0 Å². The molecule has 3 N–H and O–H groups in total. The Morgan fingerprint density at radius 1 is 1.13 bits per heavy atom. The highest BCUT2D eigenvalue weighted by Crippen LogP contribution is 2.17. The highest BCUT2D eigenvalue weighted by molar-refractivity contribution is 7.10. The van der Waals surface area contributed by atoms with Gasteiger partial charge in [-0.15, -0.1) is 11.3 Å². The number of carbonyl (C=O) groups excluding carboxylic acids is 2. The number of aryl methyl sites for hydroxylation is 1. The normalized spacial score (nSPS) is 11.5. The highest BCUT2D eigenvalue weighted by atomic mass is 35.5. The SMILES string of the molecule is Cc1ccc(O)c(/C=N/NC(=O)C(=Cc2cccs2)NC(=O)c2ccccc2Cl)c1. The largest absolute Gasteiger partial charge is 0.507 e. The lowest BCUT2D eigenvalue weighted by Crippen LogP contribution is -2.33. The molecule has 2 amide bonds. The van der Waals surface area contributed by atoms with Crippen molar-refractivity contribution in [3.05, 3.63) is 92.3 Å². The van der Waals surface area contributed by atoms with Crippen molar-refractivity contribution in [1.82, 2.24) is 10.7 Å². The molecule has 0 radical (unpaired) electrons. The lowest BCUT2D eigenvalue weighted by Gasteiger charge is -2.09. The lowest BCUT2D eigenvalue weighted by molar-refractivity contribution is -0.117. The Morgan fingerprint density at radius 3 is 2.67 bits per heavy atom. The van der Waals surface area contributed by atoms with E-state index in [2.05, 4.69) is 15.8 Å². The molecule has 0 fully saturated rings. The summed E-state index contributed by atoms with van der Waals surface area (Å²) >= 11 is 7.49. The number of phenolic OH excluding ortho intramolecular Hbond substituents is 1. The van der Waals surface area contributed by atoms with E-state index in [0.29, 0.717) is 5.56 Å². The van der Waals surface area contributed by atoms with Gasteiger partial charge in [0.1, 0.15) is 11.4 Å². The van der Waals surface area contributed by atoms with Gasteiger partial charge in [-0.1, -0.05) is 41.4 Å². The third kappa shape index (κ3) is 5.56. The molecule has 30 heavy (non-hydrogen) atoms. The minimum atomic E-state index is -0.618. The van der Waals surface area contributed by atoms with Gasteiger partial charge in [0, 0.05) is 10.4 Å². The number of carbonyl (C=O) groups is 2. The standard InChI is InChI=1S/C22H18ClN3O3S/c1-14-8-9-20(27)15(11-14)13-24-26-22(29)19(12-16-5-4-10-30-16)25-21(28)17-6-2-3-7-18(17)23/h2-13,27H,1H3,(H,25,28)(H,26,29)/b19-12?,24-13+. The van der Waals surface area contributed by atoms with Gasteiger partial charge in [-0.25, -0.2) is 5.43 Å². The Kier molecular flexibility index (Phi) is 7.00. The zero-order valence-corrected chi connectivity index (χ0v) is 17.5. The zero-order chi connectivity index (χ0) is 21.5. The van der Waals surface area contributed by atoms with E-state index >= 15 is 0 Å². The number of amides is 2. The summed E-state index contributed by atoms with van der Waals surface area (Å²) in [5, 5.41) is 18.5. The third-order valence-electron chi connectivity index (χ3n) is 3.99. The number of hydrogen-bond acceptors (Lipinski definition) is 5. The van der Waals surface area contributed by atoms with Gasteiger partial charge in [0.2, 0.25) is 0 Å². The molecule has 152 valence electrons. The van der Waals surface area contributed by atoms with E-state index in [1.807, 2.05) is 24.4 Å². The number of aromatic hydroxyl groups is 1. The number of hydrogen-bond donors (Lipinski definition) is 3. The summed E-state index contributed by atoms with van der Waals surface area (Å²) in [5.74, 6) is -1.09. The number of rotatable bonds is 6. The van der Waals surface area contributed by atoms with Crippen LogP contribution in [-0.4, -0.2) is 23.1 Å². The van der Waals surface area contributed by atoms with Crippen molar-refractivity contribution in [2.24, 2.45) is 5.10 Å². The average molecular weight is 440 g/mol. The molecule has 3 aromatic rings. The fourth-order valence-electron chi connectivity index (χ4n) is 2.51. The van der Waals surface area contributed by atoms with Crippen LogP contribution in [0.2, 0.25) is 5.02 Å². The molecule has 0 spiro atoms. The Hall–Kier alpha value is -3.42. The molecule has 0 aliphatic rings. The van der Waals surface area contributed by atoms with Crippen molar-refractivity contribution >= 4 is 47.0 Å². The van der Waals surface area contributed by atoms with Crippen molar-refractivity contribution < 1.29 is 14.7 Å². The molecule has 8 heteroatoms. The van der Waals surface area contributed by atoms with Crippen LogP contribution in [0.1, 0.15) is 26.4 Å². The van der Waals surface area contributed by atoms with Crippen LogP contribution in [-0.2, 0) is 4.79 Å². The molecular formula is C22H18ClN3O3S.